The number of fused-ring (bicyclic) bond motifs is 1. The van der Waals surface area contributed by atoms with E-state index in [1.165, 1.54) is 18.2 Å². The second kappa shape index (κ2) is 5.19. The van der Waals surface area contributed by atoms with Gasteiger partial charge in [0.25, 0.3) is 0 Å². The van der Waals surface area contributed by atoms with E-state index in [-0.39, 0.29) is 12.2 Å². The summed E-state index contributed by atoms with van der Waals surface area (Å²) in [7, 11) is -0.922. The van der Waals surface area contributed by atoms with Crippen LogP contribution in [-0.4, -0.2) is 17.9 Å². The number of halogens is 1. The predicted octanol–water partition coefficient (Wildman–Crippen LogP) is 1.47. The highest BCUT2D eigenvalue weighted by molar-refractivity contribution is 6.61. The van der Waals surface area contributed by atoms with Crippen LogP contribution in [0.5, 0.6) is 0 Å². The fraction of sp³-hybridized carbons (Fsp3) is 0.133. The van der Waals surface area contributed by atoms with Gasteiger partial charge in [0.15, 0.2) is 5.78 Å². The van der Waals surface area contributed by atoms with Gasteiger partial charge in [0.05, 0.1) is 6.61 Å². The van der Waals surface area contributed by atoms with Crippen molar-refractivity contribution in [3.63, 3.8) is 0 Å². The zero-order valence-electron chi connectivity index (χ0n) is 10.7. The van der Waals surface area contributed by atoms with Crippen LogP contribution in [0.4, 0.5) is 4.39 Å². The van der Waals surface area contributed by atoms with E-state index < -0.39 is 12.9 Å². The number of benzene rings is 2. The molecule has 3 nitrogen and oxygen atoms in total. The molecule has 1 heterocycles. The first-order valence-corrected chi connectivity index (χ1v) is 6.33. The zero-order chi connectivity index (χ0) is 14.1. The summed E-state index contributed by atoms with van der Waals surface area (Å²) in [5.41, 5.74) is 2.76. The fourth-order valence-corrected chi connectivity index (χ4v) is 2.32. The van der Waals surface area contributed by atoms with Gasteiger partial charge < -0.3 is 9.68 Å². The lowest BCUT2D eigenvalue weighted by molar-refractivity contribution is 0.0992. The number of Topliss-reactive ketones (excluding diaryl/α,β-unsaturated/α-hetero) is 1. The van der Waals surface area contributed by atoms with E-state index in [2.05, 4.69) is 0 Å². The number of carbonyl (C=O) groups excluding carboxylic acids is 1. The van der Waals surface area contributed by atoms with Gasteiger partial charge >= 0.3 is 7.12 Å². The summed E-state index contributed by atoms with van der Waals surface area (Å²) in [6.45, 7) is 0.384. The molecule has 0 aromatic heterocycles. The summed E-state index contributed by atoms with van der Waals surface area (Å²) in [4.78, 5) is 12.1. The first-order chi connectivity index (χ1) is 9.63. The highest BCUT2D eigenvalue weighted by Gasteiger charge is 2.27. The normalized spacial score (nSPS) is 13.4. The van der Waals surface area contributed by atoms with Crippen molar-refractivity contribution in [2.45, 2.75) is 13.0 Å². The van der Waals surface area contributed by atoms with Crippen LogP contribution in [0.15, 0.2) is 42.5 Å². The van der Waals surface area contributed by atoms with E-state index in [0.29, 0.717) is 17.6 Å². The van der Waals surface area contributed by atoms with Gasteiger partial charge in [-0.3, -0.25) is 4.79 Å². The second-order valence-electron chi connectivity index (χ2n) is 4.81. The summed E-state index contributed by atoms with van der Waals surface area (Å²) in [5, 5.41) is 9.64. The van der Waals surface area contributed by atoms with Crippen LogP contribution in [-0.2, 0) is 17.7 Å². The van der Waals surface area contributed by atoms with E-state index in [9.17, 15) is 14.2 Å². The van der Waals surface area contributed by atoms with Crippen LogP contribution in [0, 0.1) is 5.82 Å². The van der Waals surface area contributed by atoms with Crippen molar-refractivity contribution in [2.24, 2.45) is 0 Å². The summed E-state index contributed by atoms with van der Waals surface area (Å²) in [6.07, 6.45) is 0.170. The molecule has 0 aliphatic carbocycles. The minimum atomic E-state index is -0.922. The van der Waals surface area contributed by atoms with Crippen molar-refractivity contribution in [1.82, 2.24) is 0 Å². The number of carbonyl (C=O) groups is 1. The standard InChI is InChI=1S/C15H12BFO3/c17-13-3-1-2-11(8-13)15(18)7-10-4-5-12-9-20-16(19)14(12)6-10/h1-6,8,19H,7,9H2. The molecule has 3 rings (SSSR count). The van der Waals surface area contributed by atoms with Gasteiger partial charge in [-0.25, -0.2) is 4.39 Å². The summed E-state index contributed by atoms with van der Waals surface area (Å²) in [6, 6.07) is 11.1. The smallest absolute Gasteiger partial charge is 0.423 e. The van der Waals surface area contributed by atoms with Crippen molar-refractivity contribution in [3.8, 4) is 0 Å². The Bertz CT molecular complexity index is 672. The highest BCUT2D eigenvalue weighted by Crippen LogP contribution is 2.14. The topological polar surface area (TPSA) is 46.5 Å². The number of rotatable bonds is 3. The molecule has 0 atom stereocenters. The van der Waals surface area contributed by atoms with Crippen molar-refractivity contribution >= 4 is 18.4 Å². The largest absolute Gasteiger partial charge is 0.491 e. The number of hydrogen-bond acceptors (Lipinski definition) is 3. The van der Waals surface area contributed by atoms with E-state index in [1.807, 2.05) is 12.1 Å². The first kappa shape index (κ1) is 13.0. The van der Waals surface area contributed by atoms with Gasteiger partial charge in [0.1, 0.15) is 5.82 Å². The van der Waals surface area contributed by atoms with Crippen LogP contribution in [0.1, 0.15) is 21.5 Å². The molecule has 0 radical (unpaired) electrons. The monoisotopic (exact) mass is 270 g/mol. The SMILES string of the molecule is O=C(Cc1ccc2c(c1)B(O)OC2)c1cccc(F)c1. The van der Waals surface area contributed by atoms with Crippen LogP contribution < -0.4 is 5.46 Å². The molecule has 0 amide bonds. The molecular weight excluding hydrogens is 258 g/mol. The lowest BCUT2D eigenvalue weighted by atomic mass is 9.78. The molecule has 0 fully saturated rings. The molecule has 5 heteroatoms. The molecule has 0 bridgehead atoms. The molecule has 0 unspecified atom stereocenters. The molecule has 20 heavy (non-hydrogen) atoms. The van der Waals surface area contributed by atoms with Crippen LogP contribution in [0.3, 0.4) is 0 Å². The Morgan fingerprint density at radius 1 is 1.30 bits per heavy atom. The third kappa shape index (κ3) is 2.50. The lowest BCUT2D eigenvalue weighted by Crippen LogP contribution is -2.28. The minimum Gasteiger partial charge on any atom is -0.423 e. The van der Waals surface area contributed by atoms with E-state index >= 15 is 0 Å². The average molecular weight is 270 g/mol. The Labute approximate surface area is 116 Å². The van der Waals surface area contributed by atoms with E-state index in [1.54, 1.807) is 12.1 Å². The van der Waals surface area contributed by atoms with Crippen molar-refractivity contribution in [1.29, 1.82) is 0 Å². The highest BCUT2D eigenvalue weighted by atomic mass is 19.1. The van der Waals surface area contributed by atoms with Crippen molar-refractivity contribution in [3.05, 3.63) is 65.0 Å². The van der Waals surface area contributed by atoms with Crippen molar-refractivity contribution < 1.29 is 18.9 Å². The van der Waals surface area contributed by atoms with Crippen LogP contribution in [0.25, 0.3) is 0 Å². The summed E-state index contributed by atoms with van der Waals surface area (Å²) in [5.74, 6) is -0.577. The second-order valence-corrected chi connectivity index (χ2v) is 4.81. The van der Waals surface area contributed by atoms with E-state index in [4.69, 9.17) is 4.65 Å². The molecule has 1 aliphatic rings. The fourth-order valence-electron chi connectivity index (χ4n) is 2.32. The predicted molar refractivity (Wildman–Crippen MR) is 73.3 cm³/mol. The molecule has 0 saturated heterocycles. The minimum absolute atomic E-state index is 0.155. The maximum Gasteiger partial charge on any atom is 0.491 e. The molecule has 2 aromatic carbocycles. The quantitative estimate of drug-likeness (QED) is 0.678. The van der Waals surface area contributed by atoms with Gasteiger partial charge in [-0.2, -0.15) is 0 Å². The van der Waals surface area contributed by atoms with Crippen molar-refractivity contribution in [2.75, 3.05) is 0 Å². The first-order valence-electron chi connectivity index (χ1n) is 6.33. The Morgan fingerprint density at radius 2 is 2.15 bits per heavy atom. The van der Waals surface area contributed by atoms with Crippen LogP contribution in [0.2, 0.25) is 0 Å². The zero-order valence-corrected chi connectivity index (χ0v) is 10.7. The van der Waals surface area contributed by atoms with Gasteiger partial charge in [-0.1, -0.05) is 30.3 Å². The number of ketones is 1. The lowest BCUT2D eigenvalue weighted by Gasteiger charge is -2.05. The molecule has 0 spiro atoms. The average Bonchev–Trinajstić information content (AvgIpc) is 2.80. The third-order valence-electron chi connectivity index (χ3n) is 3.38. The molecule has 100 valence electrons. The molecule has 2 aromatic rings. The van der Waals surface area contributed by atoms with Gasteiger partial charge in [0.2, 0.25) is 0 Å². The molecule has 0 saturated carbocycles. The Kier molecular flexibility index (Phi) is 3.38. The summed E-state index contributed by atoms with van der Waals surface area (Å²) >= 11 is 0. The van der Waals surface area contributed by atoms with Gasteiger partial charge in [-0.15, -0.1) is 0 Å². The summed E-state index contributed by atoms with van der Waals surface area (Å²) < 4.78 is 18.2. The molecule has 1 aliphatic heterocycles. The Hall–Kier alpha value is -1.98. The van der Waals surface area contributed by atoms with E-state index in [0.717, 1.165) is 11.1 Å². The molecule has 1 N–H and O–H groups in total. The maximum absolute atomic E-state index is 13.1. The Morgan fingerprint density at radius 3 is 2.95 bits per heavy atom. The van der Waals surface area contributed by atoms with Crippen LogP contribution >= 0.6 is 0 Å². The van der Waals surface area contributed by atoms with Gasteiger partial charge in [-0.05, 0) is 28.7 Å². The van der Waals surface area contributed by atoms with Gasteiger partial charge in [0, 0.05) is 12.0 Å². The Balaban J connectivity index is 1.82. The number of hydrogen-bond donors (Lipinski definition) is 1. The molecular formula is C15H12BFO3. The maximum atomic E-state index is 13.1. The third-order valence-corrected chi connectivity index (χ3v) is 3.38.